The highest BCUT2D eigenvalue weighted by Gasteiger charge is 2.22. The number of likely N-dealkylation sites (N-methyl/N-ethyl adjacent to an activating group) is 1. The van der Waals surface area contributed by atoms with E-state index in [1.807, 2.05) is 0 Å². The molecule has 4 heteroatoms. The van der Waals surface area contributed by atoms with Crippen LogP contribution in [-0.2, 0) is 0 Å². The third-order valence-electron chi connectivity index (χ3n) is 4.04. The Hall–Kier alpha value is -0.640. The molecule has 0 saturated heterocycles. The Morgan fingerprint density at radius 2 is 1.90 bits per heavy atom. The van der Waals surface area contributed by atoms with Gasteiger partial charge in [0.1, 0.15) is 5.82 Å². The third kappa shape index (κ3) is 4.44. The number of benzene rings is 1. The van der Waals surface area contributed by atoms with Crippen molar-refractivity contribution in [3.05, 3.63) is 34.6 Å². The predicted molar refractivity (Wildman–Crippen MR) is 84.5 cm³/mol. The average molecular weight is 301 g/mol. The second-order valence-corrected chi connectivity index (χ2v) is 5.62. The van der Waals surface area contributed by atoms with Crippen LogP contribution in [0.15, 0.2) is 18.2 Å². The normalized spacial score (nSPS) is 13.2. The molecule has 1 unspecified atom stereocenters. The van der Waals surface area contributed by atoms with Gasteiger partial charge in [0, 0.05) is 29.7 Å². The van der Waals surface area contributed by atoms with Crippen LogP contribution >= 0.6 is 11.6 Å². The van der Waals surface area contributed by atoms with Gasteiger partial charge in [-0.05, 0) is 24.6 Å². The number of hydrogen-bond donors (Lipinski definition) is 1. The summed E-state index contributed by atoms with van der Waals surface area (Å²) in [4.78, 5) is 2.27. The van der Waals surface area contributed by atoms with Crippen molar-refractivity contribution in [1.29, 1.82) is 0 Å². The summed E-state index contributed by atoms with van der Waals surface area (Å²) in [5.74, 6) is 0.357. The minimum absolute atomic E-state index is 0.0853. The van der Waals surface area contributed by atoms with E-state index >= 15 is 0 Å². The van der Waals surface area contributed by atoms with Gasteiger partial charge in [-0.1, -0.05) is 51.3 Å². The Morgan fingerprint density at radius 1 is 1.25 bits per heavy atom. The van der Waals surface area contributed by atoms with E-state index in [1.54, 1.807) is 12.1 Å². The summed E-state index contributed by atoms with van der Waals surface area (Å²) >= 11 is 5.82. The average Bonchev–Trinajstić information content (AvgIpc) is 2.45. The van der Waals surface area contributed by atoms with E-state index < -0.39 is 0 Å². The molecule has 114 valence electrons. The molecule has 2 N–H and O–H groups in total. The van der Waals surface area contributed by atoms with E-state index in [2.05, 4.69) is 25.7 Å². The fourth-order valence-electron chi connectivity index (χ4n) is 2.60. The molecule has 0 radical (unpaired) electrons. The summed E-state index contributed by atoms with van der Waals surface area (Å²) in [6, 6.07) is 4.76. The van der Waals surface area contributed by atoms with Crippen LogP contribution in [0.3, 0.4) is 0 Å². The molecule has 1 aromatic rings. The fraction of sp³-hybridized carbons (Fsp3) is 0.625. The molecule has 0 amide bonds. The maximum Gasteiger partial charge on any atom is 0.129 e. The number of nitrogens with two attached hydrogens (primary N) is 1. The molecule has 0 aliphatic heterocycles. The zero-order chi connectivity index (χ0) is 15.1. The SMILES string of the molecule is CCC(CC)CN(CC)C(CN)c1ccc(Cl)cc1F. The molecule has 1 aromatic carbocycles. The molecule has 0 bridgehead atoms. The van der Waals surface area contributed by atoms with Gasteiger partial charge in [0.05, 0.1) is 0 Å². The van der Waals surface area contributed by atoms with E-state index in [4.69, 9.17) is 17.3 Å². The quantitative estimate of drug-likeness (QED) is 0.778. The van der Waals surface area contributed by atoms with E-state index in [9.17, 15) is 4.39 Å². The second kappa shape index (κ2) is 8.60. The Kier molecular flexibility index (Phi) is 7.49. The maximum absolute atomic E-state index is 14.1. The summed E-state index contributed by atoms with van der Waals surface area (Å²) in [6.45, 7) is 8.71. The molecule has 0 spiro atoms. The second-order valence-electron chi connectivity index (χ2n) is 5.19. The molecule has 0 aliphatic carbocycles. The maximum atomic E-state index is 14.1. The number of halogens is 2. The lowest BCUT2D eigenvalue weighted by atomic mass is 9.99. The minimum Gasteiger partial charge on any atom is -0.329 e. The summed E-state index contributed by atoms with van der Waals surface area (Å²) in [7, 11) is 0. The Morgan fingerprint density at radius 3 is 2.35 bits per heavy atom. The Bertz CT molecular complexity index is 407. The first-order valence-electron chi connectivity index (χ1n) is 7.46. The van der Waals surface area contributed by atoms with Crippen LogP contribution < -0.4 is 5.73 Å². The first-order valence-corrected chi connectivity index (χ1v) is 7.84. The molecular formula is C16H26ClFN2. The van der Waals surface area contributed by atoms with Crippen LogP contribution in [0, 0.1) is 11.7 Å². The van der Waals surface area contributed by atoms with E-state index in [1.165, 1.54) is 6.07 Å². The predicted octanol–water partition coefficient (Wildman–Crippen LogP) is 4.24. The molecule has 0 aromatic heterocycles. The minimum atomic E-state index is -0.268. The molecule has 1 atom stereocenters. The van der Waals surface area contributed by atoms with Crippen molar-refractivity contribution >= 4 is 11.6 Å². The zero-order valence-electron chi connectivity index (χ0n) is 12.7. The Labute approximate surface area is 127 Å². The zero-order valence-corrected chi connectivity index (χ0v) is 13.5. The third-order valence-corrected chi connectivity index (χ3v) is 4.27. The van der Waals surface area contributed by atoms with Gasteiger partial charge in [0.2, 0.25) is 0 Å². The summed E-state index contributed by atoms with van der Waals surface area (Å²) < 4.78 is 14.1. The first kappa shape index (κ1) is 17.4. The van der Waals surface area contributed by atoms with Crippen molar-refractivity contribution in [1.82, 2.24) is 4.90 Å². The molecule has 0 aliphatic rings. The van der Waals surface area contributed by atoms with E-state index in [0.29, 0.717) is 23.0 Å². The standard InChI is InChI=1S/C16H26ClFN2/c1-4-12(5-2)11-20(6-3)16(10-19)14-8-7-13(17)9-15(14)18/h7-9,12,16H,4-6,10-11,19H2,1-3H3. The van der Waals surface area contributed by atoms with Crippen LogP contribution in [-0.4, -0.2) is 24.5 Å². The molecular weight excluding hydrogens is 275 g/mol. The van der Waals surface area contributed by atoms with E-state index in [0.717, 1.165) is 25.9 Å². The number of hydrogen-bond acceptors (Lipinski definition) is 2. The summed E-state index contributed by atoms with van der Waals surface area (Å²) in [5.41, 5.74) is 6.55. The van der Waals surface area contributed by atoms with Gasteiger partial charge < -0.3 is 5.73 Å². The largest absolute Gasteiger partial charge is 0.329 e. The summed E-state index contributed by atoms with van der Waals surface area (Å²) in [6.07, 6.45) is 2.26. The topological polar surface area (TPSA) is 29.3 Å². The van der Waals surface area contributed by atoms with Crippen molar-refractivity contribution in [2.45, 2.75) is 39.7 Å². The van der Waals surface area contributed by atoms with Gasteiger partial charge in [-0.2, -0.15) is 0 Å². The van der Waals surface area contributed by atoms with Crippen molar-refractivity contribution in [2.75, 3.05) is 19.6 Å². The molecule has 20 heavy (non-hydrogen) atoms. The molecule has 0 heterocycles. The van der Waals surface area contributed by atoms with Gasteiger partial charge in [-0.25, -0.2) is 4.39 Å². The van der Waals surface area contributed by atoms with Crippen molar-refractivity contribution in [2.24, 2.45) is 11.7 Å². The monoisotopic (exact) mass is 300 g/mol. The van der Waals surface area contributed by atoms with Gasteiger partial charge in [0.25, 0.3) is 0 Å². The first-order chi connectivity index (χ1) is 9.57. The van der Waals surface area contributed by atoms with Gasteiger partial charge in [-0.15, -0.1) is 0 Å². The van der Waals surface area contributed by atoms with E-state index in [-0.39, 0.29) is 11.9 Å². The highest BCUT2D eigenvalue weighted by Crippen LogP contribution is 2.26. The lowest BCUT2D eigenvalue weighted by Crippen LogP contribution is -2.37. The summed E-state index contributed by atoms with van der Waals surface area (Å²) in [5, 5.41) is 0.421. The molecule has 2 nitrogen and oxygen atoms in total. The van der Waals surface area contributed by atoms with Crippen LogP contribution in [0.5, 0.6) is 0 Å². The number of rotatable bonds is 8. The highest BCUT2D eigenvalue weighted by atomic mass is 35.5. The van der Waals surface area contributed by atoms with Gasteiger partial charge in [-0.3, -0.25) is 4.90 Å². The molecule has 0 saturated carbocycles. The molecule has 0 fully saturated rings. The van der Waals surface area contributed by atoms with Crippen LogP contribution in [0.25, 0.3) is 0 Å². The van der Waals surface area contributed by atoms with Crippen LogP contribution in [0.2, 0.25) is 5.02 Å². The Balaban J connectivity index is 2.96. The lowest BCUT2D eigenvalue weighted by Gasteiger charge is -2.33. The van der Waals surface area contributed by atoms with Crippen molar-refractivity contribution in [3.8, 4) is 0 Å². The smallest absolute Gasteiger partial charge is 0.129 e. The molecule has 1 rings (SSSR count). The van der Waals surface area contributed by atoms with Crippen LogP contribution in [0.4, 0.5) is 4.39 Å². The highest BCUT2D eigenvalue weighted by molar-refractivity contribution is 6.30. The fourth-order valence-corrected chi connectivity index (χ4v) is 2.76. The van der Waals surface area contributed by atoms with Crippen molar-refractivity contribution in [3.63, 3.8) is 0 Å². The number of nitrogens with zero attached hydrogens (tertiary/aromatic N) is 1. The lowest BCUT2D eigenvalue weighted by molar-refractivity contribution is 0.171. The van der Waals surface area contributed by atoms with Crippen molar-refractivity contribution < 1.29 is 4.39 Å². The van der Waals surface area contributed by atoms with Gasteiger partial charge >= 0.3 is 0 Å². The van der Waals surface area contributed by atoms with Gasteiger partial charge in [0.15, 0.2) is 0 Å². The van der Waals surface area contributed by atoms with Crippen LogP contribution in [0.1, 0.15) is 45.2 Å².